The van der Waals surface area contributed by atoms with E-state index in [0.29, 0.717) is 16.8 Å². The van der Waals surface area contributed by atoms with Crippen LogP contribution in [-0.2, 0) is 4.79 Å². The number of carboxylic acids is 1. The number of aromatic nitrogens is 2. The lowest BCUT2D eigenvalue weighted by Gasteiger charge is -2.07. The molecule has 78 valence electrons. The highest BCUT2D eigenvalue weighted by atomic mass is 16.4. The highest BCUT2D eigenvalue weighted by Gasteiger charge is 2.10. The lowest BCUT2D eigenvalue weighted by molar-refractivity contribution is -0.134. The van der Waals surface area contributed by atoms with Gasteiger partial charge < -0.3 is 10.4 Å². The first kappa shape index (κ1) is 10.9. The second-order valence-corrected chi connectivity index (χ2v) is 2.99. The lowest BCUT2D eigenvalue weighted by Crippen LogP contribution is -2.15. The SMILES string of the molecule is Cc1nnc(NCC(=O)O)c(C#N)c1C. The van der Waals surface area contributed by atoms with Gasteiger partial charge in [0.25, 0.3) is 0 Å². The Balaban J connectivity index is 3.04. The molecule has 0 aromatic carbocycles. The fraction of sp³-hybridized carbons (Fsp3) is 0.333. The molecule has 0 amide bonds. The average Bonchev–Trinajstić information content (AvgIpc) is 2.19. The third kappa shape index (κ3) is 2.40. The highest BCUT2D eigenvalue weighted by Crippen LogP contribution is 2.16. The van der Waals surface area contributed by atoms with Crippen molar-refractivity contribution in [3.05, 3.63) is 16.8 Å². The highest BCUT2D eigenvalue weighted by molar-refractivity contribution is 5.73. The Hall–Kier alpha value is -2.16. The van der Waals surface area contributed by atoms with Gasteiger partial charge in [0.05, 0.1) is 5.69 Å². The molecule has 1 aromatic heterocycles. The van der Waals surface area contributed by atoms with Gasteiger partial charge in [-0.05, 0) is 19.4 Å². The van der Waals surface area contributed by atoms with Crippen LogP contribution in [0.2, 0.25) is 0 Å². The van der Waals surface area contributed by atoms with Crippen LogP contribution in [0, 0.1) is 25.2 Å². The van der Waals surface area contributed by atoms with Crippen LogP contribution >= 0.6 is 0 Å². The van der Waals surface area contributed by atoms with Crippen molar-refractivity contribution in [3.63, 3.8) is 0 Å². The molecule has 2 N–H and O–H groups in total. The number of hydrogen-bond acceptors (Lipinski definition) is 5. The van der Waals surface area contributed by atoms with Gasteiger partial charge in [0.2, 0.25) is 0 Å². The van der Waals surface area contributed by atoms with Gasteiger partial charge in [-0.15, -0.1) is 5.10 Å². The van der Waals surface area contributed by atoms with Crippen LogP contribution in [0.3, 0.4) is 0 Å². The van der Waals surface area contributed by atoms with Gasteiger partial charge >= 0.3 is 5.97 Å². The summed E-state index contributed by atoms with van der Waals surface area (Å²) >= 11 is 0. The molecule has 0 radical (unpaired) electrons. The van der Waals surface area contributed by atoms with Crippen LogP contribution in [-0.4, -0.2) is 27.8 Å². The van der Waals surface area contributed by atoms with Gasteiger partial charge in [-0.3, -0.25) is 4.79 Å². The molecule has 6 nitrogen and oxygen atoms in total. The predicted molar refractivity (Wildman–Crippen MR) is 52.3 cm³/mol. The van der Waals surface area contributed by atoms with E-state index in [1.807, 2.05) is 6.07 Å². The van der Waals surface area contributed by atoms with Crippen LogP contribution in [0.5, 0.6) is 0 Å². The molecule has 0 bridgehead atoms. The Labute approximate surface area is 86.6 Å². The number of anilines is 1. The zero-order valence-electron chi connectivity index (χ0n) is 8.40. The monoisotopic (exact) mass is 206 g/mol. The summed E-state index contributed by atoms with van der Waals surface area (Å²) in [6.45, 7) is 3.20. The van der Waals surface area contributed by atoms with Crippen molar-refractivity contribution < 1.29 is 9.90 Å². The third-order valence-electron chi connectivity index (χ3n) is 1.97. The summed E-state index contributed by atoms with van der Waals surface area (Å²) in [5, 5.41) is 27.4. The average molecular weight is 206 g/mol. The van der Waals surface area contributed by atoms with E-state index in [4.69, 9.17) is 10.4 Å². The van der Waals surface area contributed by atoms with Gasteiger partial charge in [0, 0.05) is 0 Å². The van der Waals surface area contributed by atoms with E-state index in [-0.39, 0.29) is 12.4 Å². The maximum absolute atomic E-state index is 10.3. The summed E-state index contributed by atoms with van der Waals surface area (Å²) in [4.78, 5) is 10.3. The van der Waals surface area contributed by atoms with E-state index in [1.54, 1.807) is 13.8 Å². The molecule has 0 aliphatic rings. The van der Waals surface area contributed by atoms with Crippen LogP contribution in [0.1, 0.15) is 16.8 Å². The van der Waals surface area contributed by atoms with Crippen molar-refractivity contribution in [3.8, 4) is 6.07 Å². The zero-order chi connectivity index (χ0) is 11.4. The second-order valence-electron chi connectivity index (χ2n) is 2.99. The van der Waals surface area contributed by atoms with E-state index in [2.05, 4.69) is 15.5 Å². The number of nitrogens with zero attached hydrogens (tertiary/aromatic N) is 3. The summed E-state index contributed by atoms with van der Waals surface area (Å²) in [7, 11) is 0. The Morgan fingerprint density at radius 2 is 2.20 bits per heavy atom. The molecule has 0 saturated heterocycles. The topological polar surface area (TPSA) is 98.9 Å². The molecule has 0 aliphatic heterocycles. The molecular weight excluding hydrogens is 196 g/mol. The summed E-state index contributed by atoms with van der Waals surface area (Å²) in [6, 6.07) is 1.97. The molecule has 0 fully saturated rings. The number of aryl methyl sites for hydroxylation is 1. The number of carboxylic acid groups (broad SMARTS) is 1. The molecule has 1 aromatic rings. The van der Waals surface area contributed by atoms with Crippen LogP contribution in [0.15, 0.2) is 0 Å². The van der Waals surface area contributed by atoms with E-state index in [1.165, 1.54) is 0 Å². The largest absolute Gasteiger partial charge is 0.480 e. The smallest absolute Gasteiger partial charge is 0.322 e. The maximum Gasteiger partial charge on any atom is 0.322 e. The number of nitriles is 1. The predicted octanol–water partition coefficient (Wildman–Crippen LogP) is 0.462. The molecule has 0 aliphatic carbocycles. The molecule has 15 heavy (non-hydrogen) atoms. The third-order valence-corrected chi connectivity index (χ3v) is 1.97. The van der Waals surface area contributed by atoms with E-state index in [0.717, 1.165) is 0 Å². The van der Waals surface area contributed by atoms with Gasteiger partial charge in [-0.25, -0.2) is 0 Å². The van der Waals surface area contributed by atoms with Gasteiger partial charge in [0.15, 0.2) is 5.82 Å². The van der Waals surface area contributed by atoms with Gasteiger partial charge in [-0.1, -0.05) is 0 Å². The Morgan fingerprint density at radius 1 is 1.53 bits per heavy atom. The summed E-state index contributed by atoms with van der Waals surface area (Å²) in [5.74, 6) is -0.804. The van der Waals surface area contributed by atoms with Crippen molar-refractivity contribution in [2.45, 2.75) is 13.8 Å². The van der Waals surface area contributed by atoms with Crippen molar-refractivity contribution in [2.75, 3.05) is 11.9 Å². The minimum atomic E-state index is -1.01. The van der Waals surface area contributed by atoms with E-state index < -0.39 is 5.97 Å². The summed E-state index contributed by atoms with van der Waals surface area (Å²) < 4.78 is 0. The zero-order valence-corrected chi connectivity index (χ0v) is 8.40. The van der Waals surface area contributed by atoms with Crippen molar-refractivity contribution in [1.29, 1.82) is 5.26 Å². The Morgan fingerprint density at radius 3 is 2.73 bits per heavy atom. The first-order valence-electron chi connectivity index (χ1n) is 4.26. The van der Waals surface area contributed by atoms with E-state index in [9.17, 15) is 4.79 Å². The Bertz CT molecular complexity index is 436. The standard InChI is InChI=1S/C9H10N4O2/c1-5-6(2)12-13-9(7(5)3-10)11-4-8(14)15/h4H2,1-2H3,(H,11,13)(H,14,15). The van der Waals surface area contributed by atoms with Crippen LogP contribution in [0.4, 0.5) is 5.82 Å². The normalized spacial score (nSPS) is 9.40. The molecular formula is C9H10N4O2. The number of hydrogen-bond donors (Lipinski definition) is 2. The van der Waals surface area contributed by atoms with E-state index >= 15 is 0 Å². The van der Waals surface area contributed by atoms with Gasteiger partial charge in [0.1, 0.15) is 18.2 Å². The lowest BCUT2D eigenvalue weighted by atomic mass is 10.1. The first-order valence-corrected chi connectivity index (χ1v) is 4.26. The van der Waals surface area contributed by atoms with Crippen LogP contribution in [0.25, 0.3) is 0 Å². The number of aliphatic carboxylic acids is 1. The number of nitrogens with one attached hydrogen (secondary N) is 1. The van der Waals surface area contributed by atoms with Crippen molar-refractivity contribution in [2.24, 2.45) is 0 Å². The molecule has 1 heterocycles. The molecule has 6 heteroatoms. The van der Waals surface area contributed by atoms with Crippen molar-refractivity contribution >= 4 is 11.8 Å². The quantitative estimate of drug-likeness (QED) is 0.745. The minimum absolute atomic E-state index is 0.211. The number of carbonyl (C=O) groups is 1. The summed E-state index contributed by atoms with van der Waals surface area (Å²) in [6.07, 6.45) is 0. The number of rotatable bonds is 3. The van der Waals surface area contributed by atoms with Crippen LogP contribution < -0.4 is 5.32 Å². The maximum atomic E-state index is 10.3. The van der Waals surface area contributed by atoms with Crippen molar-refractivity contribution in [1.82, 2.24) is 10.2 Å². The Kier molecular flexibility index (Phi) is 3.18. The first-order chi connectivity index (χ1) is 7.06. The molecule has 0 saturated carbocycles. The molecule has 1 rings (SSSR count). The minimum Gasteiger partial charge on any atom is -0.480 e. The molecule has 0 atom stereocenters. The fourth-order valence-corrected chi connectivity index (χ4v) is 1.03. The summed E-state index contributed by atoms with van der Waals surface area (Å²) in [5.41, 5.74) is 1.71. The molecule has 0 spiro atoms. The second kappa shape index (κ2) is 4.37. The van der Waals surface area contributed by atoms with Gasteiger partial charge in [-0.2, -0.15) is 10.4 Å². The fourth-order valence-electron chi connectivity index (χ4n) is 1.03. The molecule has 0 unspecified atom stereocenters.